The van der Waals surface area contributed by atoms with Crippen LogP contribution in [0.3, 0.4) is 0 Å². The number of fused-ring (bicyclic) bond motifs is 2. The third-order valence-corrected chi connectivity index (χ3v) is 7.55. The van der Waals surface area contributed by atoms with Gasteiger partial charge in [0.2, 0.25) is 0 Å². The van der Waals surface area contributed by atoms with Crippen LogP contribution < -0.4 is 15.5 Å². The summed E-state index contributed by atoms with van der Waals surface area (Å²) in [4.78, 5) is 37.0. The highest BCUT2D eigenvalue weighted by Gasteiger charge is 2.30. The summed E-state index contributed by atoms with van der Waals surface area (Å²) in [7, 11) is 0. The Hall–Kier alpha value is -2.68. The number of hydrogen-bond donors (Lipinski definition) is 2. The van der Waals surface area contributed by atoms with Crippen LogP contribution in [-0.4, -0.2) is 72.5 Å². The van der Waals surface area contributed by atoms with Crippen LogP contribution in [0.4, 0.5) is 22.0 Å². The first-order valence-corrected chi connectivity index (χ1v) is 13.1. The fraction of sp³-hybridized carbons (Fsp3) is 0.519. The van der Waals surface area contributed by atoms with Gasteiger partial charge >= 0.3 is 6.03 Å². The first-order chi connectivity index (χ1) is 17.2. The van der Waals surface area contributed by atoms with Gasteiger partial charge in [0.05, 0.1) is 16.9 Å². The predicted octanol–water partition coefficient (Wildman–Crippen LogP) is 4.50. The molecule has 36 heavy (non-hydrogen) atoms. The van der Waals surface area contributed by atoms with E-state index in [4.69, 9.17) is 0 Å². The van der Waals surface area contributed by atoms with Gasteiger partial charge in [-0.2, -0.15) is 0 Å². The molecule has 3 aliphatic heterocycles. The predicted molar refractivity (Wildman–Crippen MR) is 145 cm³/mol. The van der Waals surface area contributed by atoms with Gasteiger partial charge in [0.25, 0.3) is 5.91 Å². The van der Waals surface area contributed by atoms with Crippen LogP contribution in [0.2, 0.25) is 0 Å². The van der Waals surface area contributed by atoms with Gasteiger partial charge in [-0.15, -0.1) is 12.4 Å². The minimum Gasteiger partial charge on any atom is -0.336 e. The summed E-state index contributed by atoms with van der Waals surface area (Å²) in [5.74, 6) is 1.01. The largest absolute Gasteiger partial charge is 0.336 e. The number of piperidine rings is 2. The highest BCUT2D eigenvalue weighted by Crippen LogP contribution is 2.36. The Bertz CT molecular complexity index is 1040. The van der Waals surface area contributed by atoms with Crippen molar-refractivity contribution in [3.8, 4) is 0 Å². The van der Waals surface area contributed by atoms with E-state index in [9.17, 15) is 9.59 Å². The number of anilines is 3. The van der Waals surface area contributed by atoms with E-state index >= 15 is 0 Å². The van der Waals surface area contributed by atoms with Crippen molar-refractivity contribution in [2.75, 3.05) is 56.0 Å². The number of urea groups is 1. The summed E-state index contributed by atoms with van der Waals surface area (Å²) in [6.45, 7) is 7.39. The maximum Gasteiger partial charge on any atom is 0.327 e. The number of nitrogens with zero attached hydrogens (tertiary/aromatic N) is 4. The molecule has 2 N–H and O–H groups in total. The van der Waals surface area contributed by atoms with Crippen LogP contribution in [0.5, 0.6) is 0 Å². The SMILES string of the molecule is Cl.O=C1Nc2cccnc2N(C(=O)NCCN2CCC(CCN3CCCCC3)CC2)c2ccccc21. The quantitative estimate of drug-likeness (QED) is 0.595. The van der Waals surface area contributed by atoms with E-state index in [0.29, 0.717) is 29.3 Å². The topological polar surface area (TPSA) is 80.8 Å². The first kappa shape index (κ1) is 26.4. The second-order valence-corrected chi connectivity index (χ2v) is 9.89. The van der Waals surface area contributed by atoms with Gasteiger partial charge in [-0.25, -0.2) is 14.7 Å². The number of pyridine rings is 1. The molecule has 4 heterocycles. The Morgan fingerprint density at radius 1 is 0.972 bits per heavy atom. The van der Waals surface area contributed by atoms with Gasteiger partial charge in [-0.3, -0.25) is 4.79 Å². The Kier molecular flexibility index (Phi) is 9.18. The molecule has 0 spiro atoms. The van der Waals surface area contributed by atoms with E-state index in [2.05, 4.69) is 25.4 Å². The highest BCUT2D eigenvalue weighted by molar-refractivity contribution is 6.16. The second-order valence-electron chi connectivity index (χ2n) is 9.89. The van der Waals surface area contributed by atoms with Gasteiger partial charge < -0.3 is 20.4 Å². The summed E-state index contributed by atoms with van der Waals surface area (Å²) < 4.78 is 0. The first-order valence-electron chi connectivity index (χ1n) is 13.1. The summed E-state index contributed by atoms with van der Waals surface area (Å²) in [5.41, 5.74) is 1.51. The zero-order chi connectivity index (χ0) is 24.0. The molecule has 3 aliphatic rings. The van der Waals surface area contributed by atoms with Crippen LogP contribution >= 0.6 is 12.4 Å². The number of halogens is 1. The number of likely N-dealkylation sites (tertiary alicyclic amines) is 2. The van der Waals surface area contributed by atoms with Crippen molar-refractivity contribution >= 4 is 41.5 Å². The monoisotopic (exact) mass is 512 g/mol. The summed E-state index contributed by atoms with van der Waals surface area (Å²) >= 11 is 0. The van der Waals surface area contributed by atoms with Crippen LogP contribution in [0.1, 0.15) is 48.9 Å². The van der Waals surface area contributed by atoms with Gasteiger partial charge in [0.15, 0.2) is 5.82 Å². The van der Waals surface area contributed by atoms with Crippen molar-refractivity contribution in [2.45, 2.75) is 38.5 Å². The molecule has 0 unspecified atom stereocenters. The molecule has 0 saturated carbocycles. The van der Waals surface area contributed by atoms with E-state index in [1.165, 1.54) is 63.1 Å². The molecule has 2 saturated heterocycles. The zero-order valence-electron chi connectivity index (χ0n) is 20.8. The molecule has 0 atom stereocenters. The molecule has 0 radical (unpaired) electrons. The van der Waals surface area contributed by atoms with Crippen molar-refractivity contribution < 1.29 is 9.59 Å². The molecule has 3 amide bonds. The van der Waals surface area contributed by atoms with Crippen molar-refractivity contribution in [2.24, 2.45) is 5.92 Å². The third kappa shape index (κ3) is 6.17. The standard InChI is InChI=1S/C27H36N6O2.ClH/c34-26-22-7-2-3-9-24(22)33(25-23(30-26)8-6-13-28-25)27(35)29-14-20-32-18-11-21(12-19-32)10-17-31-15-4-1-5-16-31;/h2-3,6-9,13,21H,1,4-5,10-12,14-20H2,(H,29,35)(H,30,34);1H. The van der Waals surface area contributed by atoms with Gasteiger partial charge in [-0.1, -0.05) is 18.6 Å². The maximum absolute atomic E-state index is 13.3. The van der Waals surface area contributed by atoms with E-state index in [1.54, 1.807) is 36.5 Å². The highest BCUT2D eigenvalue weighted by atomic mass is 35.5. The molecule has 194 valence electrons. The fourth-order valence-electron chi connectivity index (χ4n) is 5.49. The summed E-state index contributed by atoms with van der Waals surface area (Å²) in [5, 5.41) is 5.94. The van der Waals surface area contributed by atoms with Gasteiger partial charge in [0, 0.05) is 19.3 Å². The zero-order valence-corrected chi connectivity index (χ0v) is 21.6. The molecule has 0 aliphatic carbocycles. The Morgan fingerprint density at radius 2 is 1.72 bits per heavy atom. The Morgan fingerprint density at radius 3 is 2.53 bits per heavy atom. The number of rotatable bonds is 6. The van der Waals surface area contributed by atoms with E-state index in [0.717, 1.165) is 25.6 Å². The van der Waals surface area contributed by atoms with Crippen molar-refractivity contribution in [3.63, 3.8) is 0 Å². The lowest BCUT2D eigenvalue weighted by atomic mass is 9.93. The summed E-state index contributed by atoms with van der Waals surface area (Å²) in [6, 6.07) is 10.4. The average Bonchev–Trinajstić information content (AvgIpc) is 3.02. The summed E-state index contributed by atoms with van der Waals surface area (Å²) in [6.07, 6.45) is 9.56. The lowest BCUT2D eigenvalue weighted by Gasteiger charge is -2.34. The molecule has 8 nitrogen and oxygen atoms in total. The lowest BCUT2D eigenvalue weighted by Crippen LogP contribution is -2.43. The van der Waals surface area contributed by atoms with Gasteiger partial charge in [0.1, 0.15) is 0 Å². The number of hydrogen-bond acceptors (Lipinski definition) is 5. The molecule has 2 fully saturated rings. The minimum absolute atomic E-state index is 0. The number of benzene rings is 1. The van der Waals surface area contributed by atoms with Crippen LogP contribution in [0, 0.1) is 5.92 Å². The molecule has 1 aromatic carbocycles. The van der Waals surface area contributed by atoms with E-state index in [-0.39, 0.29) is 24.3 Å². The molecular formula is C27H37ClN6O2. The molecule has 2 aromatic rings. The fourth-order valence-corrected chi connectivity index (χ4v) is 5.49. The average molecular weight is 513 g/mol. The van der Waals surface area contributed by atoms with Crippen molar-refractivity contribution in [1.82, 2.24) is 20.1 Å². The van der Waals surface area contributed by atoms with E-state index in [1.807, 2.05) is 6.07 Å². The molecule has 1 aromatic heterocycles. The normalized spacial score (nSPS) is 18.9. The Balaban J connectivity index is 0.00000304. The van der Waals surface area contributed by atoms with E-state index < -0.39 is 0 Å². The third-order valence-electron chi connectivity index (χ3n) is 7.55. The number of amides is 3. The number of nitrogens with one attached hydrogen (secondary N) is 2. The maximum atomic E-state index is 13.3. The number of carbonyl (C=O) groups is 2. The Labute approximate surface area is 219 Å². The van der Waals surface area contributed by atoms with Crippen molar-refractivity contribution in [1.29, 1.82) is 0 Å². The second kappa shape index (κ2) is 12.5. The smallest absolute Gasteiger partial charge is 0.327 e. The number of para-hydroxylation sites is 1. The van der Waals surface area contributed by atoms with Crippen LogP contribution in [-0.2, 0) is 0 Å². The molecule has 9 heteroatoms. The van der Waals surface area contributed by atoms with Crippen LogP contribution in [0.15, 0.2) is 42.6 Å². The molecular weight excluding hydrogens is 476 g/mol. The lowest BCUT2D eigenvalue weighted by molar-refractivity contribution is 0.102. The van der Waals surface area contributed by atoms with Crippen molar-refractivity contribution in [3.05, 3.63) is 48.2 Å². The number of carbonyl (C=O) groups excluding carboxylic acids is 2. The molecule has 5 rings (SSSR count). The van der Waals surface area contributed by atoms with Crippen LogP contribution in [0.25, 0.3) is 0 Å². The molecule has 0 bridgehead atoms. The van der Waals surface area contributed by atoms with Gasteiger partial charge in [-0.05, 0) is 95.0 Å². The number of aromatic nitrogens is 1. The minimum atomic E-state index is -0.273.